The summed E-state index contributed by atoms with van der Waals surface area (Å²) in [5.74, 6) is -0.152. The highest BCUT2D eigenvalue weighted by Gasteiger charge is 2.53. The number of phenols is 1. The number of aliphatic hydroxyl groups is 6. The molecular formula is C28H34O14. The molecule has 2 heterocycles. The molecule has 4 rings (SSSR count). The van der Waals surface area contributed by atoms with Crippen molar-refractivity contribution < 1.29 is 69.0 Å². The van der Waals surface area contributed by atoms with Crippen LogP contribution >= 0.6 is 0 Å². The molecule has 2 saturated heterocycles. The Morgan fingerprint density at radius 1 is 1.02 bits per heavy atom. The number of aromatic hydroxyl groups is 1. The number of carbonyl (C=O) groups is 1. The molecule has 2 aliphatic heterocycles. The molecule has 14 nitrogen and oxygen atoms in total. The van der Waals surface area contributed by atoms with Crippen molar-refractivity contribution in [2.45, 2.75) is 48.7 Å². The van der Waals surface area contributed by atoms with Crippen LogP contribution in [0.25, 0.3) is 6.08 Å². The Hall–Kier alpha value is -3.31. The van der Waals surface area contributed by atoms with E-state index in [1.54, 1.807) is 12.1 Å². The second-order valence-electron chi connectivity index (χ2n) is 9.80. The van der Waals surface area contributed by atoms with Crippen LogP contribution in [-0.4, -0.2) is 124 Å². The Labute approximate surface area is 240 Å². The minimum Gasteiger partial charge on any atom is -0.507 e. The molecule has 8 atom stereocenters. The van der Waals surface area contributed by atoms with Gasteiger partial charge in [0.05, 0.1) is 34.0 Å². The van der Waals surface area contributed by atoms with E-state index < -0.39 is 74.3 Å². The Bertz CT molecular complexity index is 1250. The summed E-state index contributed by atoms with van der Waals surface area (Å²) < 4.78 is 32.6. The summed E-state index contributed by atoms with van der Waals surface area (Å²) in [6.07, 6.45) is -7.75. The smallest absolute Gasteiger partial charge is 0.229 e. The number of allylic oxidation sites excluding steroid dienone is 1. The summed E-state index contributed by atoms with van der Waals surface area (Å²) >= 11 is 0. The quantitative estimate of drug-likeness (QED) is 0.122. The van der Waals surface area contributed by atoms with Crippen LogP contribution in [0.2, 0.25) is 0 Å². The van der Waals surface area contributed by atoms with Crippen molar-refractivity contribution in [2.75, 3.05) is 34.0 Å². The van der Waals surface area contributed by atoms with Crippen LogP contribution in [0.15, 0.2) is 42.5 Å². The van der Waals surface area contributed by atoms with E-state index in [0.29, 0.717) is 11.3 Å². The molecule has 7 N–H and O–H groups in total. The van der Waals surface area contributed by atoms with E-state index in [1.807, 2.05) is 0 Å². The molecule has 2 aliphatic rings. The van der Waals surface area contributed by atoms with E-state index in [0.717, 1.165) is 0 Å². The van der Waals surface area contributed by atoms with Gasteiger partial charge >= 0.3 is 0 Å². The maximum absolute atomic E-state index is 12.8. The lowest BCUT2D eigenvalue weighted by Gasteiger charge is -2.42. The molecule has 0 aromatic heterocycles. The third kappa shape index (κ3) is 6.52. The molecule has 42 heavy (non-hydrogen) atoms. The molecule has 0 radical (unpaired) electrons. The number of carbonyl (C=O) groups excluding carboxylic acids is 1. The number of hydrogen-bond acceptors (Lipinski definition) is 14. The van der Waals surface area contributed by atoms with E-state index in [4.69, 9.17) is 28.4 Å². The van der Waals surface area contributed by atoms with E-state index in [1.165, 1.54) is 50.6 Å². The largest absolute Gasteiger partial charge is 0.507 e. The van der Waals surface area contributed by atoms with Crippen LogP contribution in [0, 0.1) is 0 Å². The summed E-state index contributed by atoms with van der Waals surface area (Å²) in [6, 6.07) is 9.01. The van der Waals surface area contributed by atoms with Gasteiger partial charge in [0.2, 0.25) is 6.29 Å². The van der Waals surface area contributed by atoms with Gasteiger partial charge in [0.15, 0.2) is 18.2 Å². The zero-order chi connectivity index (χ0) is 30.6. The summed E-state index contributed by atoms with van der Waals surface area (Å²) in [5, 5.41) is 70.9. The van der Waals surface area contributed by atoms with Crippen LogP contribution in [0.5, 0.6) is 23.0 Å². The molecule has 0 unspecified atom stereocenters. The lowest BCUT2D eigenvalue weighted by molar-refractivity contribution is -0.318. The molecule has 2 aromatic rings. The van der Waals surface area contributed by atoms with Gasteiger partial charge in [0.1, 0.15) is 58.6 Å². The standard InChI is InChI=1S/C28H34O14/c1-37-16-9-18(32)21(19(10-16)38-2)17(31)8-5-14-3-6-15(7-4-14)40-26-24(23(34)22(33)20(11-29)41-26)42-27-25(35)28(36,12-30)13-39-27/h3-10,20,22-27,29-30,32-36H,11-13H2,1-2H3/b8-5+/t20-,22-,23+,24-,25+,26-,27+,28-/m1/s1. The van der Waals surface area contributed by atoms with Crippen LogP contribution in [-0.2, 0) is 14.2 Å². The Balaban J connectivity index is 1.48. The first-order valence-corrected chi connectivity index (χ1v) is 12.9. The second kappa shape index (κ2) is 13.3. The molecule has 2 fully saturated rings. The molecule has 0 bridgehead atoms. The number of ketones is 1. The van der Waals surface area contributed by atoms with E-state index in [2.05, 4.69) is 0 Å². The lowest BCUT2D eigenvalue weighted by Crippen LogP contribution is -2.62. The fourth-order valence-electron chi connectivity index (χ4n) is 4.51. The first-order chi connectivity index (χ1) is 20.0. The maximum Gasteiger partial charge on any atom is 0.229 e. The molecule has 14 heteroatoms. The third-order valence-corrected chi connectivity index (χ3v) is 7.01. The van der Waals surface area contributed by atoms with E-state index in [-0.39, 0.29) is 22.8 Å². The monoisotopic (exact) mass is 594 g/mol. The number of hydrogen-bond donors (Lipinski definition) is 7. The Kier molecular flexibility index (Phi) is 10.0. The summed E-state index contributed by atoms with van der Waals surface area (Å²) in [7, 11) is 2.78. The van der Waals surface area contributed by atoms with Crippen LogP contribution in [0.4, 0.5) is 0 Å². The number of rotatable bonds is 11. The molecule has 230 valence electrons. The summed E-state index contributed by atoms with van der Waals surface area (Å²) in [4.78, 5) is 12.8. The average Bonchev–Trinajstić information content (AvgIpc) is 3.28. The van der Waals surface area contributed by atoms with Gasteiger partial charge in [-0.25, -0.2) is 0 Å². The Morgan fingerprint density at radius 2 is 1.74 bits per heavy atom. The van der Waals surface area contributed by atoms with Crippen molar-refractivity contribution in [2.24, 2.45) is 0 Å². The average molecular weight is 595 g/mol. The normalized spacial score (nSPS) is 31.3. The molecular weight excluding hydrogens is 560 g/mol. The fraction of sp³-hybridized carbons (Fsp3) is 0.464. The molecule has 0 saturated carbocycles. The molecule has 0 amide bonds. The number of phenolic OH excluding ortho intramolecular Hbond substituents is 1. The van der Waals surface area contributed by atoms with Gasteiger partial charge in [-0.2, -0.15) is 0 Å². The van der Waals surface area contributed by atoms with Gasteiger partial charge in [-0.3, -0.25) is 4.79 Å². The number of benzene rings is 2. The van der Waals surface area contributed by atoms with Crippen molar-refractivity contribution in [3.05, 3.63) is 53.6 Å². The minimum atomic E-state index is -1.99. The third-order valence-electron chi connectivity index (χ3n) is 7.01. The second-order valence-corrected chi connectivity index (χ2v) is 9.80. The first kappa shape index (κ1) is 31.6. The van der Waals surface area contributed by atoms with Crippen molar-refractivity contribution in [1.82, 2.24) is 0 Å². The minimum absolute atomic E-state index is 0.0389. The zero-order valence-electron chi connectivity index (χ0n) is 22.8. The molecule has 0 aliphatic carbocycles. The number of aliphatic hydroxyl groups excluding tert-OH is 5. The van der Waals surface area contributed by atoms with Gasteiger partial charge in [0, 0.05) is 12.1 Å². The number of ether oxygens (including phenoxy) is 6. The van der Waals surface area contributed by atoms with Gasteiger partial charge in [-0.05, 0) is 23.8 Å². The van der Waals surface area contributed by atoms with Crippen molar-refractivity contribution in [1.29, 1.82) is 0 Å². The topological polar surface area (TPSA) is 214 Å². The van der Waals surface area contributed by atoms with Crippen molar-refractivity contribution >= 4 is 11.9 Å². The van der Waals surface area contributed by atoms with Crippen molar-refractivity contribution in [3.63, 3.8) is 0 Å². The first-order valence-electron chi connectivity index (χ1n) is 12.9. The highest BCUT2D eigenvalue weighted by Crippen LogP contribution is 2.34. The molecule has 2 aromatic carbocycles. The zero-order valence-corrected chi connectivity index (χ0v) is 22.8. The van der Waals surface area contributed by atoms with E-state index >= 15 is 0 Å². The fourth-order valence-corrected chi connectivity index (χ4v) is 4.51. The highest BCUT2D eigenvalue weighted by atomic mass is 16.8. The van der Waals surface area contributed by atoms with Crippen molar-refractivity contribution in [3.8, 4) is 23.0 Å². The lowest BCUT2D eigenvalue weighted by atomic mass is 9.98. The van der Waals surface area contributed by atoms with Gasteiger partial charge in [-0.1, -0.05) is 18.2 Å². The number of methoxy groups -OCH3 is 2. The van der Waals surface area contributed by atoms with E-state index in [9.17, 15) is 40.5 Å². The van der Waals surface area contributed by atoms with Crippen LogP contribution in [0.3, 0.4) is 0 Å². The van der Waals surface area contributed by atoms with Gasteiger partial charge in [-0.15, -0.1) is 0 Å². The summed E-state index contributed by atoms with van der Waals surface area (Å²) in [6.45, 7) is -1.91. The van der Waals surface area contributed by atoms with Crippen LogP contribution < -0.4 is 14.2 Å². The van der Waals surface area contributed by atoms with Crippen LogP contribution in [0.1, 0.15) is 15.9 Å². The summed E-state index contributed by atoms with van der Waals surface area (Å²) in [5.41, 5.74) is -1.45. The molecule has 0 spiro atoms. The predicted molar refractivity (Wildman–Crippen MR) is 142 cm³/mol. The van der Waals surface area contributed by atoms with Gasteiger partial charge in [0.25, 0.3) is 0 Å². The maximum atomic E-state index is 12.8. The Morgan fingerprint density at radius 3 is 2.33 bits per heavy atom. The predicted octanol–water partition coefficient (Wildman–Crippen LogP) is -1.05. The SMILES string of the molecule is COc1cc(O)c(C(=O)/C=C/c2ccc(O[C@@H]3O[C@H](CO)[C@@H](O)[C@H](O)[C@H]3O[C@@H]3OC[C@](O)(CO)[C@H]3O)cc2)c(OC)c1. The highest BCUT2D eigenvalue weighted by molar-refractivity contribution is 6.10. The van der Waals surface area contributed by atoms with Gasteiger partial charge < -0.3 is 64.2 Å².